The SMILES string of the molecule is O=C1N2c3cccc4c3B3c5c(cccc5C5(CCCCC5)c5cc6cc7c8c(c6c2c53)N1c1cccc2c1B8c1c(cccc1C71CCCCC1)C21CCCCC1)C41CCCCC1. The Bertz CT molecular complexity index is 3000. The molecule has 0 atom stereocenters. The van der Waals surface area contributed by atoms with E-state index in [1.807, 2.05) is 0 Å². The summed E-state index contributed by atoms with van der Waals surface area (Å²) < 4.78 is 0. The second kappa shape index (κ2) is 11.5. The van der Waals surface area contributed by atoms with Gasteiger partial charge in [-0.1, -0.05) is 161 Å². The lowest BCUT2D eigenvalue weighted by Gasteiger charge is -2.58. The number of carbonyl (C=O) groups is 1. The molecule has 6 aromatic rings. The van der Waals surface area contributed by atoms with Gasteiger partial charge in [0.05, 0.1) is 11.4 Å². The van der Waals surface area contributed by atoms with Gasteiger partial charge < -0.3 is 0 Å². The van der Waals surface area contributed by atoms with E-state index in [-0.39, 0.29) is 41.1 Å². The van der Waals surface area contributed by atoms with Crippen molar-refractivity contribution in [3.8, 4) is 0 Å². The lowest BCUT2D eigenvalue weighted by Crippen LogP contribution is -2.74. The molecule has 6 aromatic carbocycles. The maximum absolute atomic E-state index is 16.8. The van der Waals surface area contributed by atoms with Crippen molar-refractivity contribution in [1.82, 2.24) is 0 Å². The van der Waals surface area contributed by atoms with E-state index in [1.54, 1.807) is 44.3 Å². The van der Waals surface area contributed by atoms with Crippen LogP contribution in [0.5, 0.6) is 0 Å². The monoisotopic (exact) mass is 828 g/mol. The molecular weight excluding hydrogens is 774 g/mol. The van der Waals surface area contributed by atoms with Crippen molar-refractivity contribution in [3.63, 3.8) is 0 Å². The molecule has 0 saturated heterocycles. The second-order valence-corrected chi connectivity index (χ2v) is 22.9. The molecule has 7 aliphatic heterocycles. The molecule has 17 rings (SSSR count). The summed E-state index contributed by atoms with van der Waals surface area (Å²) in [7, 11) is 0. The molecule has 2 amide bonds. The molecule has 5 heteroatoms. The highest BCUT2D eigenvalue weighted by Crippen LogP contribution is 2.60. The van der Waals surface area contributed by atoms with Gasteiger partial charge in [-0.2, -0.15) is 0 Å². The maximum atomic E-state index is 16.8. The maximum Gasteiger partial charge on any atom is 0.338 e. The fraction of sp³-hybridized carbons (Fsp3) is 0.407. The molecule has 0 radical (unpaired) electrons. The topological polar surface area (TPSA) is 23.6 Å². The van der Waals surface area contributed by atoms with Crippen molar-refractivity contribution in [2.24, 2.45) is 0 Å². The summed E-state index contributed by atoms with van der Waals surface area (Å²) in [6.07, 6.45) is 25.1. The predicted molar refractivity (Wildman–Crippen MR) is 264 cm³/mol. The van der Waals surface area contributed by atoms with Gasteiger partial charge in [0.15, 0.2) is 0 Å². The van der Waals surface area contributed by atoms with Gasteiger partial charge >= 0.3 is 6.03 Å². The van der Waals surface area contributed by atoms with E-state index in [4.69, 9.17) is 0 Å². The molecule has 11 aliphatic rings. The Hall–Kier alpha value is -5.02. The third-order valence-corrected chi connectivity index (χ3v) is 20.8. The van der Waals surface area contributed by atoms with Crippen LogP contribution < -0.4 is 42.6 Å². The zero-order chi connectivity index (χ0) is 41.5. The van der Waals surface area contributed by atoms with E-state index >= 15 is 4.79 Å². The van der Waals surface area contributed by atoms with Crippen molar-refractivity contribution in [3.05, 3.63) is 129 Å². The standard InChI is InChI=1S/C59H54B2N2O/c64-55-62-44-23-15-21-40-49(44)60-47-36(56(40)25-5-1-6-26-56)17-13-19-38(47)58(29-9-3-10-30-58)42-33-35-34-43-52-54(46(35)53(62)51(42)60)63(55)45-24-16-22-41-50(45)61(52)48-37(57(41)27-7-2-8-28-57)18-14-20-39(48)59(43)31-11-4-12-32-59/h13-24,33-34H,1-12,25-32H2. The Morgan fingerprint density at radius 3 is 1.03 bits per heavy atom. The molecule has 4 saturated carbocycles. The lowest BCUT2D eigenvalue weighted by atomic mass is 9.24. The highest BCUT2D eigenvalue weighted by atomic mass is 16.2. The van der Waals surface area contributed by atoms with E-state index in [1.165, 1.54) is 195 Å². The lowest BCUT2D eigenvalue weighted by molar-refractivity contribution is 0.255. The number of nitrogens with zero attached hydrogens (tertiary/aromatic N) is 2. The van der Waals surface area contributed by atoms with E-state index in [0.29, 0.717) is 0 Å². The van der Waals surface area contributed by atoms with Crippen molar-refractivity contribution >= 4 is 85.8 Å². The first-order chi connectivity index (χ1) is 31.6. The number of carbonyl (C=O) groups excluding carboxylic acids is 1. The number of hydrogen-bond donors (Lipinski definition) is 0. The highest BCUT2D eigenvalue weighted by Gasteiger charge is 2.62. The molecule has 7 heterocycles. The number of urea groups is 1. The average Bonchev–Trinajstić information content (AvgIpc) is 3.35. The Balaban J connectivity index is 1.07. The Labute approximate surface area is 378 Å². The van der Waals surface area contributed by atoms with Crippen LogP contribution in [-0.2, 0) is 21.7 Å². The summed E-state index contributed by atoms with van der Waals surface area (Å²) in [5.74, 6) is 0. The number of benzene rings is 6. The minimum atomic E-state index is -0.0397. The fourth-order valence-electron chi connectivity index (χ4n) is 18.7. The molecule has 312 valence electrons. The molecule has 4 aliphatic carbocycles. The molecule has 0 bridgehead atoms. The van der Waals surface area contributed by atoms with Crippen LogP contribution in [0.3, 0.4) is 0 Å². The van der Waals surface area contributed by atoms with Gasteiger partial charge in [-0.05, 0) is 135 Å². The summed E-state index contributed by atoms with van der Waals surface area (Å²) >= 11 is 0. The van der Waals surface area contributed by atoms with Crippen molar-refractivity contribution in [1.29, 1.82) is 0 Å². The molecule has 3 nitrogen and oxygen atoms in total. The summed E-state index contributed by atoms with van der Waals surface area (Å²) in [6, 6.07) is 35.4. The molecule has 0 unspecified atom stereocenters. The fourth-order valence-corrected chi connectivity index (χ4v) is 18.7. The minimum absolute atomic E-state index is 0.000786. The van der Waals surface area contributed by atoms with Gasteiger partial charge in [-0.25, -0.2) is 4.79 Å². The molecule has 0 N–H and O–H groups in total. The van der Waals surface area contributed by atoms with E-state index < -0.39 is 0 Å². The van der Waals surface area contributed by atoms with Gasteiger partial charge in [0.1, 0.15) is 0 Å². The number of rotatable bonds is 0. The van der Waals surface area contributed by atoms with Crippen LogP contribution in [0, 0.1) is 0 Å². The van der Waals surface area contributed by atoms with Gasteiger partial charge in [0, 0.05) is 38.4 Å². The first-order valence-electron chi connectivity index (χ1n) is 26.0. The summed E-state index contributed by atoms with van der Waals surface area (Å²) in [5, 5.41) is 2.75. The van der Waals surface area contributed by atoms with Gasteiger partial charge in [0.2, 0.25) is 13.4 Å². The third-order valence-electron chi connectivity index (χ3n) is 20.8. The Kier molecular flexibility index (Phi) is 6.33. The van der Waals surface area contributed by atoms with Crippen LogP contribution >= 0.6 is 0 Å². The predicted octanol–water partition coefficient (Wildman–Crippen LogP) is 10.2. The molecular formula is C59H54B2N2O. The number of fused-ring (bicyclic) bond motifs is 10. The van der Waals surface area contributed by atoms with Crippen LogP contribution in [0.1, 0.15) is 173 Å². The van der Waals surface area contributed by atoms with Gasteiger partial charge in [-0.3, -0.25) is 9.80 Å². The molecule has 0 aromatic heterocycles. The van der Waals surface area contributed by atoms with Crippen LogP contribution in [0.4, 0.5) is 27.5 Å². The van der Waals surface area contributed by atoms with Crippen molar-refractivity contribution < 1.29 is 4.79 Å². The zero-order valence-corrected chi connectivity index (χ0v) is 37.2. The third kappa shape index (κ3) is 3.59. The summed E-state index contributed by atoms with van der Waals surface area (Å²) in [6.45, 7) is 0.317. The highest BCUT2D eigenvalue weighted by molar-refractivity contribution is 7.02. The summed E-state index contributed by atoms with van der Waals surface area (Å²) in [5.41, 5.74) is 26.7. The molecule has 64 heavy (non-hydrogen) atoms. The Morgan fingerprint density at radius 1 is 0.359 bits per heavy atom. The van der Waals surface area contributed by atoms with Crippen LogP contribution in [0.15, 0.2) is 84.9 Å². The smallest absolute Gasteiger partial charge is 0.263 e. The molecule has 4 fully saturated rings. The quantitative estimate of drug-likeness (QED) is 0.140. The largest absolute Gasteiger partial charge is 0.338 e. The van der Waals surface area contributed by atoms with Crippen molar-refractivity contribution in [2.45, 2.75) is 150 Å². The normalized spacial score (nSPS) is 23.7. The van der Waals surface area contributed by atoms with E-state index in [0.717, 1.165) is 0 Å². The van der Waals surface area contributed by atoms with Gasteiger partial charge in [0.25, 0.3) is 0 Å². The first kappa shape index (κ1) is 35.3. The zero-order valence-electron chi connectivity index (χ0n) is 37.2. The number of amides is 2. The second-order valence-electron chi connectivity index (χ2n) is 22.9. The van der Waals surface area contributed by atoms with Crippen LogP contribution in [0.2, 0.25) is 0 Å². The number of anilines is 4. The number of hydrogen-bond acceptors (Lipinski definition) is 1. The van der Waals surface area contributed by atoms with Crippen LogP contribution in [-0.4, -0.2) is 19.5 Å². The van der Waals surface area contributed by atoms with E-state index in [2.05, 4.69) is 94.7 Å². The average molecular weight is 829 g/mol. The first-order valence-corrected chi connectivity index (χ1v) is 26.0. The van der Waals surface area contributed by atoms with Crippen LogP contribution in [0.25, 0.3) is 10.8 Å². The Morgan fingerprint density at radius 2 is 0.672 bits per heavy atom. The summed E-state index contributed by atoms with van der Waals surface area (Å²) in [4.78, 5) is 21.5. The van der Waals surface area contributed by atoms with Gasteiger partial charge in [-0.15, -0.1) is 0 Å². The minimum Gasteiger partial charge on any atom is -0.263 e. The van der Waals surface area contributed by atoms with Crippen molar-refractivity contribution in [2.75, 3.05) is 9.80 Å². The van der Waals surface area contributed by atoms with E-state index in [9.17, 15) is 0 Å². The molecule has 4 spiro atoms.